The van der Waals surface area contributed by atoms with Gasteiger partial charge in [-0.2, -0.15) is 0 Å². The van der Waals surface area contributed by atoms with Gasteiger partial charge in [-0.25, -0.2) is 15.0 Å². The van der Waals surface area contributed by atoms with Crippen LogP contribution in [0.25, 0.3) is 89.5 Å². The Kier molecular flexibility index (Phi) is 10.1. The lowest BCUT2D eigenvalue weighted by Crippen LogP contribution is -2.55. The molecule has 9 aromatic rings. The molecule has 0 spiro atoms. The Morgan fingerprint density at radius 3 is 1.13 bits per heavy atom. The number of aromatic nitrogens is 3. The lowest BCUT2D eigenvalue weighted by Gasteiger charge is -2.24. The Morgan fingerprint density at radius 1 is 0.267 bits per heavy atom. The summed E-state index contributed by atoms with van der Waals surface area (Å²) in [5.41, 5.74) is 25.6. The van der Waals surface area contributed by atoms with Crippen molar-refractivity contribution < 1.29 is 4.42 Å². The highest BCUT2D eigenvalue weighted by Crippen LogP contribution is 2.38. The molecule has 15 heteroatoms. The first kappa shape index (κ1) is 39.5. The molecule has 0 radical (unpaired) electrons. The van der Waals surface area contributed by atoms with E-state index in [0.717, 1.165) is 55.3 Å². The maximum absolute atomic E-state index is 7.24. The number of furan rings is 1. The monoisotopic (exact) mass is 759 g/mol. The second kappa shape index (κ2) is 15.3. The third-order valence-electron chi connectivity index (χ3n) is 13.7. The summed E-state index contributed by atoms with van der Waals surface area (Å²) in [6.07, 6.45) is 0. The summed E-state index contributed by atoms with van der Waals surface area (Å²) in [6, 6.07) is 38.0. The third kappa shape index (κ3) is 6.36. The van der Waals surface area contributed by atoms with E-state index in [4.69, 9.17) is 19.4 Å². The van der Waals surface area contributed by atoms with E-state index in [1.807, 2.05) is 24.3 Å². The van der Waals surface area contributed by atoms with Gasteiger partial charge in [-0.1, -0.05) is 147 Å². The molecule has 0 unspecified atom stereocenters. The zero-order valence-electron chi connectivity index (χ0n) is 36.6. The van der Waals surface area contributed by atoms with Crippen LogP contribution < -0.4 is 60.1 Å². The van der Waals surface area contributed by atoms with Crippen molar-refractivity contribution in [2.75, 3.05) is 0 Å². The van der Waals surface area contributed by atoms with Gasteiger partial charge in [0.1, 0.15) is 97.5 Å². The maximum Gasteiger partial charge on any atom is 0.167 e. The number of hydrogen-bond acceptors (Lipinski definition) is 4. The topological polar surface area (TPSA) is 51.8 Å². The SMILES string of the molecule is Bc1c(B)c(B)c(-c2c(B)c(B)c(-c3nc(-c4ccccc4)nc(-c4ccc(-c5ccc(-c6ccccc6)cc5)cc4)n3)c3oc4c(B)c(B)c(B)c(B)c4c23)c(B)c1B. The van der Waals surface area contributed by atoms with E-state index in [1.165, 1.54) is 76.8 Å². The second-order valence-corrected chi connectivity index (χ2v) is 16.7. The van der Waals surface area contributed by atoms with E-state index in [9.17, 15) is 0 Å². The lowest BCUT2D eigenvalue weighted by molar-refractivity contribution is 0.673. The molecule has 0 saturated heterocycles. The van der Waals surface area contributed by atoms with Gasteiger partial charge >= 0.3 is 0 Å². The molecule has 0 fully saturated rings. The standard InChI is InChI=1S/C45H40B11N3O/c46-30-25(27-31(47)35(51)38(54)36(52)32(27)48)26-28-33(49)37(53)39(55)40(56)42(28)60-41(26)29(34(30)50)45-58-43(23-9-5-2-6-10-23)57-44(59-45)24-17-15-22(16-18-24)21-13-11-20(12-14-21)19-7-3-1-4-8-19/h1-18H,46-56H2. The normalized spacial score (nSPS) is 11.4. The summed E-state index contributed by atoms with van der Waals surface area (Å²) in [7, 11) is 24.7. The highest BCUT2D eigenvalue weighted by molar-refractivity contribution is 6.71. The van der Waals surface area contributed by atoms with Gasteiger partial charge in [-0.3, -0.25) is 0 Å². The van der Waals surface area contributed by atoms with Crippen LogP contribution in [-0.4, -0.2) is 101 Å². The number of rotatable bonds is 6. The lowest BCUT2D eigenvalue weighted by atomic mass is 9.58. The zero-order valence-corrected chi connectivity index (χ0v) is 36.6. The Morgan fingerprint density at radius 2 is 0.617 bits per heavy atom. The molecular formula is C45H40B11N3O. The fourth-order valence-corrected chi connectivity index (χ4v) is 9.21. The molecule has 0 aliphatic rings. The molecule has 0 amide bonds. The predicted molar refractivity (Wildman–Crippen MR) is 290 cm³/mol. The average Bonchev–Trinajstić information content (AvgIpc) is 3.68. The minimum Gasteiger partial charge on any atom is -0.456 e. The Balaban J connectivity index is 1.29. The maximum atomic E-state index is 7.24. The fourth-order valence-electron chi connectivity index (χ4n) is 9.21. The van der Waals surface area contributed by atoms with Crippen LogP contribution in [0.15, 0.2) is 114 Å². The van der Waals surface area contributed by atoms with Crippen LogP contribution in [0, 0.1) is 0 Å². The van der Waals surface area contributed by atoms with Crippen LogP contribution in [0.4, 0.5) is 0 Å². The molecule has 7 aromatic carbocycles. The molecule has 2 aromatic heterocycles. The van der Waals surface area contributed by atoms with Crippen molar-refractivity contribution in [1.82, 2.24) is 15.0 Å². The minimum atomic E-state index is 0.601. The van der Waals surface area contributed by atoms with Gasteiger partial charge in [0.25, 0.3) is 0 Å². The summed E-state index contributed by atoms with van der Waals surface area (Å²) in [5.74, 6) is 1.84. The van der Waals surface area contributed by atoms with Gasteiger partial charge in [0.05, 0.1) is 5.56 Å². The molecule has 274 valence electrons. The molecule has 0 saturated carbocycles. The van der Waals surface area contributed by atoms with Crippen LogP contribution in [0.3, 0.4) is 0 Å². The molecule has 9 rings (SSSR count). The predicted octanol–water partition coefficient (Wildman–Crippen LogP) is -7.38. The zero-order chi connectivity index (χ0) is 42.1. The van der Waals surface area contributed by atoms with Crippen LogP contribution in [0.1, 0.15) is 0 Å². The molecule has 4 nitrogen and oxygen atoms in total. The van der Waals surface area contributed by atoms with Gasteiger partial charge < -0.3 is 4.42 Å². The summed E-state index contributed by atoms with van der Waals surface area (Å²) in [4.78, 5) is 15.8. The number of nitrogens with zero attached hydrogens (tertiary/aromatic N) is 3. The number of fused-ring (bicyclic) bond motifs is 3. The van der Waals surface area contributed by atoms with Crippen molar-refractivity contribution in [1.29, 1.82) is 0 Å². The van der Waals surface area contributed by atoms with Gasteiger partial charge in [-0.15, -0.1) is 21.9 Å². The Bertz CT molecular complexity index is 3170. The molecule has 0 aliphatic heterocycles. The highest BCUT2D eigenvalue weighted by Gasteiger charge is 2.28. The van der Waals surface area contributed by atoms with Gasteiger partial charge in [0.2, 0.25) is 0 Å². The first-order valence-corrected chi connectivity index (χ1v) is 21.0. The number of hydrogen-bond donors (Lipinski definition) is 0. The summed E-state index contributed by atoms with van der Waals surface area (Å²) in [6.45, 7) is 0. The van der Waals surface area contributed by atoms with E-state index in [-0.39, 0.29) is 0 Å². The van der Waals surface area contributed by atoms with Crippen molar-refractivity contribution in [2.24, 2.45) is 0 Å². The van der Waals surface area contributed by atoms with E-state index < -0.39 is 0 Å². The molecule has 0 aliphatic carbocycles. The summed E-state index contributed by atoms with van der Waals surface area (Å²) in [5, 5.41) is 2.30. The highest BCUT2D eigenvalue weighted by atomic mass is 16.3. The van der Waals surface area contributed by atoms with E-state index in [0.29, 0.717) is 17.5 Å². The molecule has 0 bridgehead atoms. The van der Waals surface area contributed by atoms with Crippen molar-refractivity contribution in [3.63, 3.8) is 0 Å². The Hall–Kier alpha value is -5.94. The van der Waals surface area contributed by atoms with Crippen molar-refractivity contribution >= 4 is 168 Å². The van der Waals surface area contributed by atoms with Crippen LogP contribution >= 0.6 is 0 Å². The first-order chi connectivity index (χ1) is 28.8. The van der Waals surface area contributed by atoms with E-state index in [1.54, 1.807) is 0 Å². The first-order valence-electron chi connectivity index (χ1n) is 21.0. The van der Waals surface area contributed by atoms with Crippen molar-refractivity contribution in [3.8, 4) is 67.5 Å². The molecule has 60 heavy (non-hydrogen) atoms. The molecular weight excluding hydrogens is 717 g/mol. The van der Waals surface area contributed by atoms with Gasteiger partial charge in [0, 0.05) is 21.9 Å². The van der Waals surface area contributed by atoms with Gasteiger partial charge in [-0.05, 0) is 33.4 Å². The summed E-state index contributed by atoms with van der Waals surface area (Å²) < 4.78 is 7.24. The van der Waals surface area contributed by atoms with Crippen LogP contribution in [-0.2, 0) is 0 Å². The molecule has 0 N–H and O–H groups in total. The number of benzene rings is 7. The average molecular weight is 758 g/mol. The van der Waals surface area contributed by atoms with E-state index in [2.05, 4.69) is 171 Å². The second-order valence-electron chi connectivity index (χ2n) is 16.7. The van der Waals surface area contributed by atoms with E-state index >= 15 is 0 Å². The van der Waals surface area contributed by atoms with Gasteiger partial charge in [0.15, 0.2) is 17.5 Å². The molecule has 0 atom stereocenters. The quantitative estimate of drug-likeness (QED) is 0.159. The smallest absolute Gasteiger partial charge is 0.167 e. The molecule has 2 heterocycles. The summed E-state index contributed by atoms with van der Waals surface area (Å²) >= 11 is 0. The van der Waals surface area contributed by atoms with Crippen LogP contribution in [0.5, 0.6) is 0 Å². The van der Waals surface area contributed by atoms with Crippen molar-refractivity contribution in [3.05, 3.63) is 109 Å². The Labute approximate surface area is 362 Å². The fraction of sp³-hybridized carbons (Fsp3) is 0. The minimum absolute atomic E-state index is 0.601. The third-order valence-corrected chi connectivity index (χ3v) is 13.7. The largest absolute Gasteiger partial charge is 0.456 e. The van der Waals surface area contributed by atoms with Crippen molar-refractivity contribution in [2.45, 2.75) is 0 Å². The van der Waals surface area contributed by atoms with Crippen LogP contribution in [0.2, 0.25) is 0 Å².